The lowest BCUT2D eigenvalue weighted by Gasteiger charge is -2.31. The SMILES string of the molecule is C[C@@H](C(=O)Nc1ccccc1N1CCOCC1)N1C(=O)[C@@H]2CCCC[C@H]2C1=O. The van der Waals surface area contributed by atoms with E-state index in [9.17, 15) is 14.4 Å². The fourth-order valence-electron chi connectivity index (χ4n) is 4.58. The molecule has 0 unspecified atom stereocenters. The lowest BCUT2D eigenvalue weighted by Crippen LogP contribution is -2.46. The average molecular weight is 385 g/mol. The van der Waals surface area contributed by atoms with Crippen molar-refractivity contribution in [3.05, 3.63) is 24.3 Å². The van der Waals surface area contributed by atoms with E-state index in [-0.39, 0.29) is 29.6 Å². The minimum Gasteiger partial charge on any atom is -0.378 e. The molecule has 1 N–H and O–H groups in total. The van der Waals surface area contributed by atoms with E-state index in [4.69, 9.17) is 4.74 Å². The molecule has 0 radical (unpaired) electrons. The highest BCUT2D eigenvalue weighted by Gasteiger charge is 2.50. The zero-order valence-corrected chi connectivity index (χ0v) is 16.2. The van der Waals surface area contributed by atoms with Gasteiger partial charge in [-0.1, -0.05) is 25.0 Å². The molecule has 2 heterocycles. The first-order chi connectivity index (χ1) is 13.6. The van der Waals surface area contributed by atoms with Crippen LogP contribution in [0.3, 0.4) is 0 Å². The normalized spacial score (nSPS) is 26.2. The number of imide groups is 1. The van der Waals surface area contributed by atoms with Crippen molar-refractivity contribution in [2.45, 2.75) is 38.6 Å². The smallest absolute Gasteiger partial charge is 0.247 e. The van der Waals surface area contributed by atoms with Crippen LogP contribution in [0.25, 0.3) is 0 Å². The minimum absolute atomic E-state index is 0.182. The third kappa shape index (κ3) is 3.39. The quantitative estimate of drug-likeness (QED) is 0.803. The first-order valence-corrected chi connectivity index (χ1v) is 10.2. The largest absolute Gasteiger partial charge is 0.378 e. The van der Waals surface area contributed by atoms with Crippen molar-refractivity contribution in [1.82, 2.24) is 4.90 Å². The molecular formula is C21H27N3O4. The highest BCUT2D eigenvalue weighted by molar-refractivity contribution is 6.10. The summed E-state index contributed by atoms with van der Waals surface area (Å²) in [6, 6.07) is 6.80. The van der Waals surface area contributed by atoms with E-state index in [1.54, 1.807) is 6.92 Å². The summed E-state index contributed by atoms with van der Waals surface area (Å²) in [7, 11) is 0. The van der Waals surface area contributed by atoms with Gasteiger partial charge in [-0.2, -0.15) is 0 Å². The van der Waals surface area contributed by atoms with Gasteiger partial charge in [-0.05, 0) is 31.9 Å². The van der Waals surface area contributed by atoms with Gasteiger partial charge in [0, 0.05) is 13.1 Å². The molecule has 3 fully saturated rings. The maximum absolute atomic E-state index is 12.9. The maximum Gasteiger partial charge on any atom is 0.247 e. The summed E-state index contributed by atoms with van der Waals surface area (Å²) < 4.78 is 5.41. The number of morpholine rings is 1. The Hall–Kier alpha value is -2.41. The fraction of sp³-hybridized carbons (Fsp3) is 0.571. The number of ether oxygens (including phenoxy) is 1. The number of nitrogens with zero attached hydrogens (tertiary/aromatic N) is 2. The highest BCUT2D eigenvalue weighted by atomic mass is 16.5. The Morgan fingerprint density at radius 2 is 1.68 bits per heavy atom. The lowest BCUT2D eigenvalue weighted by atomic mass is 9.81. The van der Waals surface area contributed by atoms with E-state index in [2.05, 4.69) is 10.2 Å². The number of carbonyl (C=O) groups is 3. The molecule has 3 aliphatic rings. The molecule has 0 bridgehead atoms. The van der Waals surface area contributed by atoms with Gasteiger partial charge in [0.25, 0.3) is 0 Å². The molecule has 150 valence electrons. The summed E-state index contributed by atoms with van der Waals surface area (Å²) in [5.41, 5.74) is 1.62. The van der Waals surface area contributed by atoms with Crippen molar-refractivity contribution in [1.29, 1.82) is 0 Å². The van der Waals surface area contributed by atoms with Crippen molar-refractivity contribution in [3.8, 4) is 0 Å². The first-order valence-electron chi connectivity index (χ1n) is 10.2. The van der Waals surface area contributed by atoms with E-state index in [0.717, 1.165) is 44.5 Å². The number of fused-ring (bicyclic) bond motifs is 1. The van der Waals surface area contributed by atoms with Crippen LogP contribution in [0, 0.1) is 11.8 Å². The van der Waals surface area contributed by atoms with Gasteiger partial charge in [-0.15, -0.1) is 0 Å². The van der Waals surface area contributed by atoms with Crippen LogP contribution in [-0.2, 0) is 19.1 Å². The fourth-order valence-corrected chi connectivity index (χ4v) is 4.58. The van der Waals surface area contributed by atoms with Crippen LogP contribution >= 0.6 is 0 Å². The predicted molar refractivity (Wildman–Crippen MR) is 105 cm³/mol. The molecule has 0 aromatic heterocycles. The van der Waals surface area contributed by atoms with Crippen molar-refractivity contribution in [3.63, 3.8) is 0 Å². The molecule has 1 aromatic carbocycles. The summed E-state index contributed by atoms with van der Waals surface area (Å²) in [5.74, 6) is -1.17. The Morgan fingerprint density at radius 1 is 1.07 bits per heavy atom. The standard InChI is InChI=1S/C21H27N3O4/c1-14(24-20(26)15-6-2-3-7-16(15)21(24)27)19(25)22-17-8-4-5-9-18(17)23-10-12-28-13-11-23/h4-5,8-9,14-16H,2-3,6-7,10-13H2,1H3,(H,22,25)/t14-,15+,16+/m0/s1. The Labute approximate surface area is 165 Å². The second kappa shape index (κ2) is 7.91. The van der Waals surface area contributed by atoms with Crippen LogP contribution in [0.2, 0.25) is 0 Å². The minimum atomic E-state index is -0.816. The summed E-state index contributed by atoms with van der Waals surface area (Å²) in [6.45, 7) is 4.46. The topological polar surface area (TPSA) is 79.0 Å². The van der Waals surface area contributed by atoms with E-state index >= 15 is 0 Å². The zero-order valence-electron chi connectivity index (χ0n) is 16.2. The number of likely N-dealkylation sites (tertiary alicyclic amines) is 1. The van der Waals surface area contributed by atoms with E-state index in [0.29, 0.717) is 18.9 Å². The molecule has 2 aliphatic heterocycles. The van der Waals surface area contributed by atoms with Crippen molar-refractivity contribution < 1.29 is 19.1 Å². The maximum atomic E-state index is 12.9. The molecule has 7 heteroatoms. The van der Waals surface area contributed by atoms with Gasteiger partial charge in [0.05, 0.1) is 36.4 Å². The van der Waals surface area contributed by atoms with Gasteiger partial charge < -0.3 is 15.0 Å². The van der Waals surface area contributed by atoms with Gasteiger partial charge in [0.15, 0.2) is 0 Å². The number of benzene rings is 1. The van der Waals surface area contributed by atoms with Crippen LogP contribution in [0.15, 0.2) is 24.3 Å². The number of para-hydroxylation sites is 2. The van der Waals surface area contributed by atoms with E-state index in [1.165, 1.54) is 4.90 Å². The Bertz CT molecular complexity index is 751. The van der Waals surface area contributed by atoms with Crippen LogP contribution < -0.4 is 10.2 Å². The molecular weight excluding hydrogens is 358 g/mol. The summed E-state index contributed by atoms with van der Waals surface area (Å²) in [5, 5.41) is 2.94. The van der Waals surface area contributed by atoms with Crippen molar-refractivity contribution in [2.75, 3.05) is 36.5 Å². The Morgan fingerprint density at radius 3 is 2.32 bits per heavy atom. The molecule has 2 saturated heterocycles. The summed E-state index contributed by atoms with van der Waals surface area (Å²) >= 11 is 0. The number of nitrogens with one attached hydrogen (secondary N) is 1. The molecule has 0 spiro atoms. The molecule has 3 atom stereocenters. The number of anilines is 2. The molecule has 1 aliphatic carbocycles. The van der Waals surface area contributed by atoms with E-state index < -0.39 is 6.04 Å². The van der Waals surface area contributed by atoms with Crippen LogP contribution in [0.5, 0.6) is 0 Å². The van der Waals surface area contributed by atoms with Crippen LogP contribution in [-0.4, -0.2) is 55.0 Å². The van der Waals surface area contributed by atoms with Crippen molar-refractivity contribution >= 4 is 29.1 Å². The number of hydrogen-bond donors (Lipinski definition) is 1. The molecule has 3 amide bonds. The number of hydrogen-bond acceptors (Lipinski definition) is 5. The van der Waals surface area contributed by atoms with Gasteiger partial charge in [0.2, 0.25) is 17.7 Å². The number of rotatable bonds is 4. The van der Waals surface area contributed by atoms with Gasteiger partial charge in [0.1, 0.15) is 6.04 Å². The molecule has 7 nitrogen and oxygen atoms in total. The average Bonchev–Trinajstić information content (AvgIpc) is 2.99. The Balaban J connectivity index is 1.50. The van der Waals surface area contributed by atoms with Gasteiger partial charge in [-0.3, -0.25) is 19.3 Å². The first kappa shape index (κ1) is 18.9. The number of amides is 3. The molecule has 1 aromatic rings. The summed E-state index contributed by atoms with van der Waals surface area (Å²) in [4.78, 5) is 41.8. The van der Waals surface area contributed by atoms with Crippen LogP contribution in [0.1, 0.15) is 32.6 Å². The third-order valence-corrected chi connectivity index (χ3v) is 6.16. The van der Waals surface area contributed by atoms with Gasteiger partial charge in [-0.25, -0.2) is 0 Å². The molecule has 1 saturated carbocycles. The van der Waals surface area contributed by atoms with Crippen LogP contribution in [0.4, 0.5) is 11.4 Å². The number of carbonyl (C=O) groups excluding carboxylic acids is 3. The molecule has 28 heavy (non-hydrogen) atoms. The second-order valence-corrected chi connectivity index (χ2v) is 7.83. The van der Waals surface area contributed by atoms with E-state index in [1.807, 2.05) is 24.3 Å². The predicted octanol–water partition coefficient (Wildman–Crippen LogP) is 2.03. The zero-order chi connectivity index (χ0) is 19.7. The van der Waals surface area contributed by atoms with Crippen molar-refractivity contribution in [2.24, 2.45) is 11.8 Å². The lowest BCUT2D eigenvalue weighted by molar-refractivity contribution is -0.146. The monoisotopic (exact) mass is 385 g/mol. The third-order valence-electron chi connectivity index (χ3n) is 6.16. The highest BCUT2D eigenvalue weighted by Crippen LogP contribution is 2.39. The Kier molecular flexibility index (Phi) is 5.35. The molecule has 4 rings (SSSR count). The summed E-state index contributed by atoms with van der Waals surface area (Å²) in [6.07, 6.45) is 3.45. The second-order valence-electron chi connectivity index (χ2n) is 7.83. The van der Waals surface area contributed by atoms with Gasteiger partial charge >= 0.3 is 0 Å².